The van der Waals surface area contributed by atoms with Gasteiger partial charge in [0, 0.05) is 36.3 Å². The molecule has 0 bridgehead atoms. The quantitative estimate of drug-likeness (QED) is 0.670. The highest BCUT2D eigenvalue weighted by Crippen LogP contribution is 2.15. The molecule has 138 valence electrons. The number of halogens is 1. The van der Waals surface area contributed by atoms with Crippen LogP contribution < -0.4 is 15.4 Å². The summed E-state index contributed by atoms with van der Waals surface area (Å²) in [5, 5.41) is 5.58. The Morgan fingerprint density at radius 1 is 1.00 bits per heavy atom. The summed E-state index contributed by atoms with van der Waals surface area (Å²) in [7, 11) is -3.72. The third-order valence-electron chi connectivity index (χ3n) is 3.24. The molecule has 0 spiro atoms. The highest BCUT2D eigenvalue weighted by molar-refractivity contribution is 7.89. The molecule has 2 rings (SSSR count). The van der Waals surface area contributed by atoms with Crippen molar-refractivity contribution < 1.29 is 18.0 Å². The Morgan fingerprint density at radius 2 is 1.62 bits per heavy atom. The second-order valence-corrected chi connectivity index (χ2v) is 7.62. The van der Waals surface area contributed by atoms with E-state index in [1.165, 1.54) is 25.1 Å². The van der Waals surface area contributed by atoms with Crippen LogP contribution in [-0.2, 0) is 19.6 Å². The Hall–Kier alpha value is -2.42. The lowest BCUT2D eigenvalue weighted by molar-refractivity contribution is -0.116. The summed E-state index contributed by atoms with van der Waals surface area (Å²) < 4.78 is 26.6. The molecule has 2 aromatic rings. The molecular weight excluding hydrogens is 378 g/mol. The van der Waals surface area contributed by atoms with Gasteiger partial charge in [-0.2, -0.15) is 0 Å². The van der Waals surface area contributed by atoms with Crippen molar-refractivity contribution in [3.8, 4) is 0 Å². The molecule has 0 heterocycles. The predicted molar refractivity (Wildman–Crippen MR) is 101 cm³/mol. The SMILES string of the molecule is CC(=O)Nc1ccc(NC(=O)CCNS(=O)(=O)c2cccc(Cl)c2)cc1. The first-order valence-corrected chi connectivity index (χ1v) is 9.55. The van der Waals surface area contributed by atoms with E-state index in [4.69, 9.17) is 11.6 Å². The fourth-order valence-corrected chi connectivity index (χ4v) is 3.41. The van der Waals surface area contributed by atoms with Crippen molar-refractivity contribution in [3.63, 3.8) is 0 Å². The van der Waals surface area contributed by atoms with Crippen molar-refractivity contribution in [1.29, 1.82) is 0 Å². The van der Waals surface area contributed by atoms with E-state index < -0.39 is 10.0 Å². The minimum atomic E-state index is -3.72. The van der Waals surface area contributed by atoms with E-state index >= 15 is 0 Å². The topological polar surface area (TPSA) is 104 Å². The summed E-state index contributed by atoms with van der Waals surface area (Å²) in [5.41, 5.74) is 1.16. The number of hydrogen-bond donors (Lipinski definition) is 3. The number of nitrogens with one attached hydrogen (secondary N) is 3. The number of sulfonamides is 1. The van der Waals surface area contributed by atoms with E-state index in [2.05, 4.69) is 15.4 Å². The average molecular weight is 396 g/mol. The van der Waals surface area contributed by atoms with Gasteiger partial charge in [-0.3, -0.25) is 9.59 Å². The Kier molecular flexibility index (Phi) is 6.73. The molecule has 3 N–H and O–H groups in total. The van der Waals surface area contributed by atoms with Gasteiger partial charge in [-0.1, -0.05) is 17.7 Å². The fraction of sp³-hybridized carbons (Fsp3) is 0.176. The summed E-state index contributed by atoms with van der Waals surface area (Å²) in [6, 6.07) is 12.4. The molecule has 0 aliphatic carbocycles. The van der Waals surface area contributed by atoms with E-state index in [9.17, 15) is 18.0 Å². The summed E-state index contributed by atoms with van der Waals surface area (Å²) in [6.07, 6.45) is -0.0345. The minimum Gasteiger partial charge on any atom is -0.326 e. The van der Waals surface area contributed by atoms with E-state index in [1.54, 1.807) is 30.3 Å². The molecule has 0 unspecified atom stereocenters. The Labute approximate surface area is 156 Å². The third kappa shape index (κ3) is 6.14. The van der Waals surface area contributed by atoms with Gasteiger partial charge < -0.3 is 10.6 Å². The lowest BCUT2D eigenvalue weighted by atomic mass is 10.2. The highest BCUT2D eigenvalue weighted by Gasteiger charge is 2.14. The van der Waals surface area contributed by atoms with Gasteiger partial charge in [0.15, 0.2) is 0 Å². The van der Waals surface area contributed by atoms with Crippen LogP contribution in [0, 0.1) is 0 Å². The molecule has 0 fully saturated rings. The first-order valence-electron chi connectivity index (χ1n) is 7.69. The van der Waals surface area contributed by atoms with Crippen LogP contribution in [0.2, 0.25) is 5.02 Å². The summed E-state index contributed by atoms with van der Waals surface area (Å²) in [6.45, 7) is 1.35. The van der Waals surface area contributed by atoms with E-state index in [0.717, 1.165) is 0 Å². The molecule has 2 aromatic carbocycles. The largest absolute Gasteiger partial charge is 0.326 e. The third-order valence-corrected chi connectivity index (χ3v) is 4.93. The molecule has 0 aromatic heterocycles. The Balaban J connectivity index is 1.84. The van der Waals surface area contributed by atoms with E-state index in [1.807, 2.05) is 0 Å². The molecule has 0 aliphatic heterocycles. The average Bonchev–Trinajstić information content (AvgIpc) is 2.56. The van der Waals surface area contributed by atoms with Crippen LogP contribution in [-0.4, -0.2) is 26.8 Å². The van der Waals surface area contributed by atoms with Crippen molar-refractivity contribution in [1.82, 2.24) is 4.72 Å². The van der Waals surface area contributed by atoms with Gasteiger partial charge in [-0.05, 0) is 42.5 Å². The molecule has 9 heteroatoms. The lowest BCUT2D eigenvalue weighted by Crippen LogP contribution is -2.27. The maximum absolute atomic E-state index is 12.1. The standard InChI is InChI=1S/C17H18ClN3O4S/c1-12(22)20-14-5-7-15(8-6-14)21-17(23)9-10-19-26(24,25)16-4-2-3-13(18)11-16/h2-8,11,19H,9-10H2,1H3,(H,20,22)(H,21,23). The Bertz CT molecular complexity index is 898. The molecule has 0 saturated carbocycles. The van der Waals surface area contributed by atoms with Gasteiger partial charge in [0.2, 0.25) is 21.8 Å². The first kappa shape index (κ1) is 19.9. The Morgan fingerprint density at radius 3 is 2.19 bits per heavy atom. The molecule has 0 atom stereocenters. The van der Waals surface area contributed by atoms with Crippen LogP contribution in [0.3, 0.4) is 0 Å². The van der Waals surface area contributed by atoms with Crippen LogP contribution in [0.25, 0.3) is 0 Å². The molecule has 2 amide bonds. The number of rotatable bonds is 7. The van der Waals surface area contributed by atoms with Gasteiger partial charge >= 0.3 is 0 Å². The number of amides is 2. The number of hydrogen-bond acceptors (Lipinski definition) is 4. The normalized spacial score (nSPS) is 11.0. The minimum absolute atomic E-state index is 0.0345. The molecule has 7 nitrogen and oxygen atoms in total. The molecule has 26 heavy (non-hydrogen) atoms. The van der Waals surface area contributed by atoms with Crippen molar-refractivity contribution in [3.05, 3.63) is 53.6 Å². The van der Waals surface area contributed by atoms with E-state index in [-0.39, 0.29) is 29.7 Å². The number of anilines is 2. The smallest absolute Gasteiger partial charge is 0.240 e. The molecule has 0 saturated heterocycles. The highest BCUT2D eigenvalue weighted by atomic mass is 35.5. The van der Waals surface area contributed by atoms with E-state index in [0.29, 0.717) is 16.4 Å². The zero-order valence-corrected chi connectivity index (χ0v) is 15.5. The summed E-state index contributed by atoms with van der Waals surface area (Å²) in [5.74, 6) is -0.528. The molecule has 0 aliphatic rings. The van der Waals surface area contributed by atoms with Crippen molar-refractivity contribution in [2.24, 2.45) is 0 Å². The fourth-order valence-electron chi connectivity index (χ4n) is 2.08. The zero-order chi connectivity index (χ0) is 19.2. The van der Waals surface area contributed by atoms with Crippen molar-refractivity contribution >= 4 is 44.8 Å². The van der Waals surface area contributed by atoms with Crippen molar-refractivity contribution in [2.45, 2.75) is 18.2 Å². The number of carbonyl (C=O) groups excluding carboxylic acids is 2. The monoisotopic (exact) mass is 395 g/mol. The maximum atomic E-state index is 12.1. The van der Waals surface area contributed by atoms with Crippen molar-refractivity contribution in [2.75, 3.05) is 17.2 Å². The maximum Gasteiger partial charge on any atom is 0.240 e. The van der Waals surface area contributed by atoms with Gasteiger partial charge in [0.1, 0.15) is 0 Å². The summed E-state index contributed by atoms with van der Waals surface area (Å²) in [4.78, 5) is 22.9. The zero-order valence-electron chi connectivity index (χ0n) is 14.0. The van der Waals surface area contributed by atoms with Crippen LogP contribution in [0.15, 0.2) is 53.4 Å². The first-order chi connectivity index (χ1) is 12.3. The molecular formula is C17H18ClN3O4S. The van der Waals surface area contributed by atoms with Crippen LogP contribution >= 0.6 is 11.6 Å². The van der Waals surface area contributed by atoms with Gasteiger partial charge in [0.25, 0.3) is 0 Å². The van der Waals surface area contributed by atoms with Crippen LogP contribution in [0.5, 0.6) is 0 Å². The van der Waals surface area contributed by atoms with Crippen LogP contribution in [0.4, 0.5) is 11.4 Å². The second kappa shape index (κ2) is 8.79. The molecule has 0 radical (unpaired) electrons. The number of benzene rings is 2. The van der Waals surface area contributed by atoms with Gasteiger partial charge in [0.05, 0.1) is 4.90 Å². The second-order valence-electron chi connectivity index (χ2n) is 5.41. The lowest BCUT2D eigenvalue weighted by Gasteiger charge is -2.09. The van der Waals surface area contributed by atoms with Crippen LogP contribution in [0.1, 0.15) is 13.3 Å². The number of carbonyl (C=O) groups is 2. The predicted octanol–water partition coefficient (Wildman–Crippen LogP) is 2.61. The van der Waals surface area contributed by atoms with Gasteiger partial charge in [-0.15, -0.1) is 0 Å². The van der Waals surface area contributed by atoms with Gasteiger partial charge in [-0.25, -0.2) is 13.1 Å². The summed E-state index contributed by atoms with van der Waals surface area (Å²) >= 11 is 5.79.